The van der Waals surface area contributed by atoms with Crippen molar-refractivity contribution in [2.24, 2.45) is 52.3 Å². The molecular weight excluding hydrogens is 621 g/mol. The highest BCUT2D eigenvalue weighted by Crippen LogP contribution is 2.67. The van der Waals surface area contributed by atoms with E-state index in [9.17, 15) is 4.79 Å². The van der Waals surface area contributed by atoms with Crippen LogP contribution in [0.3, 0.4) is 0 Å². The van der Waals surface area contributed by atoms with Crippen molar-refractivity contribution in [1.29, 1.82) is 0 Å². The van der Waals surface area contributed by atoms with E-state index in [2.05, 4.69) is 66.7 Å². The summed E-state index contributed by atoms with van der Waals surface area (Å²) in [5, 5.41) is 0. The molecule has 0 amide bonds. The molecule has 9 unspecified atom stereocenters. The van der Waals surface area contributed by atoms with Crippen molar-refractivity contribution in [2.45, 2.75) is 228 Å². The Morgan fingerprint density at radius 3 is 2.08 bits per heavy atom. The first kappa shape index (κ1) is 42.7. The Morgan fingerprint density at radius 1 is 0.784 bits per heavy atom. The molecule has 2 nitrogen and oxygen atoms in total. The summed E-state index contributed by atoms with van der Waals surface area (Å²) in [5.74, 6) is 6.15. The highest BCUT2D eigenvalue weighted by molar-refractivity contribution is 5.69. The predicted octanol–water partition coefficient (Wildman–Crippen LogP) is 15.4. The van der Waals surface area contributed by atoms with E-state index in [1.807, 2.05) is 0 Å². The smallest absolute Gasteiger partial charge is 0.306 e. The van der Waals surface area contributed by atoms with Gasteiger partial charge in [0.15, 0.2) is 0 Å². The van der Waals surface area contributed by atoms with E-state index in [4.69, 9.17) is 4.74 Å². The molecule has 0 aromatic heterocycles. The minimum absolute atomic E-state index is 0.0591. The molecule has 0 aromatic rings. The first-order chi connectivity index (χ1) is 24.6. The molecule has 2 heteroatoms. The molecule has 0 aromatic carbocycles. The number of rotatable bonds is 24. The first-order valence-corrected chi connectivity index (χ1v) is 23.2. The molecule has 3 saturated carbocycles. The Balaban J connectivity index is 1.10. The molecule has 0 spiro atoms. The molecule has 51 heavy (non-hydrogen) atoms. The Kier molecular flexibility index (Phi) is 18.2. The number of carbonyl (C=O) groups is 1. The number of allylic oxidation sites excluding steroid dienone is 3. The van der Waals surface area contributed by atoms with Gasteiger partial charge >= 0.3 is 5.97 Å². The third-order valence-corrected chi connectivity index (χ3v) is 15.7. The number of hydrogen-bond donors (Lipinski definition) is 0. The molecule has 294 valence electrons. The van der Waals surface area contributed by atoms with Crippen LogP contribution < -0.4 is 0 Å². The molecule has 9 atom stereocenters. The minimum Gasteiger partial charge on any atom is -0.462 e. The quantitative estimate of drug-likeness (QED) is 0.0567. The maximum absolute atomic E-state index is 12.9. The Labute approximate surface area is 318 Å². The second-order valence-corrected chi connectivity index (χ2v) is 19.4. The normalized spacial score (nSPS) is 31.6. The lowest BCUT2D eigenvalue weighted by Gasteiger charge is -2.58. The fourth-order valence-electron chi connectivity index (χ4n) is 12.3. The standard InChI is InChI=1S/C49H86O2/c1-8-10-11-12-13-14-15-16-17-18-19-20-21-22-23-24-25-26-47(50)51-42-33-35-48(6)41(37-42)29-30-43-45-32-31-44(49(45,7)36-34-46(43)48)39(5)27-28-40(9-2)38(3)4/h16-17,29,38-40,42-46H,8-15,18-28,30-37H2,1-7H3/b17-16+. The van der Waals surface area contributed by atoms with Gasteiger partial charge in [-0.1, -0.05) is 149 Å². The Bertz CT molecular complexity index is 1050. The van der Waals surface area contributed by atoms with Crippen molar-refractivity contribution in [3.8, 4) is 0 Å². The maximum atomic E-state index is 12.9. The molecule has 4 aliphatic carbocycles. The first-order valence-electron chi connectivity index (χ1n) is 23.2. The van der Waals surface area contributed by atoms with Crippen molar-refractivity contribution in [1.82, 2.24) is 0 Å². The summed E-state index contributed by atoms with van der Waals surface area (Å²) in [4.78, 5) is 12.9. The second kappa shape index (κ2) is 21.7. The number of carbonyl (C=O) groups excluding carboxylic acids is 1. The average Bonchev–Trinajstić information content (AvgIpc) is 3.47. The van der Waals surface area contributed by atoms with Crippen molar-refractivity contribution >= 4 is 5.97 Å². The Morgan fingerprint density at radius 2 is 1.43 bits per heavy atom. The van der Waals surface area contributed by atoms with E-state index in [0.29, 0.717) is 17.3 Å². The van der Waals surface area contributed by atoms with E-state index < -0.39 is 0 Å². The molecule has 0 heterocycles. The van der Waals surface area contributed by atoms with Crippen molar-refractivity contribution in [3.05, 3.63) is 23.8 Å². The van der Waals surface area contributed by atoms with E-state index in [-0.39, 0.29) is 12.1 Å². The summed E-state index contributed by atoms with van der Waals surface area (Å²) >= 11 is 0. The van der Waals surface area contributed by atoms with Crippen LogP contribution in [0.25, 0.3) is 0 Å². The SMILES string of the molecule is CCCCCCCC/C=C/CCCCCCCCCC(=O)OC1CCC2(C)C(=CCC3C2CCC2(C)C(C(C)CCC(CC)C(C)C)CCC32)C1. The monoisotopic (exact) mass is 707 g/mol. The molecule has 0 bridgehead atoms. The highest BCUT2D eigenvalue weighted by Gasteiger charge is 2.59. The maximum Gasteiger partial charge on any atom is 0.306 e. The summed E-state index contributed by atoms with van der Waals surface area (Å²) < 4.78 is 6.15. The van der Waals surface area contributed by atoms with Gasteiger partial charge in [0.05, 0.1) is 0 Å². The van der Waals surface area contributed by atoms with E-state index in [1.165, 1.54) is 148 Å². The fraction of sp³-hybridized carbons (Fsp3) is 0.898. The van der Waals surface area contributed by atoms with Crippen LogP contribution in [0.1, 0.15) is 222 Å². The molecule has 0 radical (unpaired) electrons. The van der Waals surface area contributed by atoms with E-state index in [0.717, 1.165) is 60.7 Å². The van der Waals surface area contributed by atoms with Crippen LogP contribution in [-0.2, 0) is 9.53 Å². The number of esters is 1. The molecular formula is C49H86O2. The zero-order chi connectivity index (χ0) is 36.7. The largest absolute Gasteiger partial charge is 0.462 e. The van der Waals surface area contributed by atoms with Gasteiger partial charge in [-0.15, -0.1) is 0 Å². The van der Waals surface area contributed by atoms with Gasteiger partial charge < -0.3 is 4.74 Å². The zero-order valence-corrected chi connectivity index (χ0v) is 35.3. The summed E-state index contributed by atoms with van der Waals surface area (Å²) in [6.45, 7) is 17.5. The molecule has 3 fully saturated rings. The molecule has 4 rings (SSSR count). The summed E-state index contributed by atoms with van der Waals surface area (Å²) in [6, 6.07) is 0. The Hall–Kier alpha value is -1.05. The predicted molar refractivity (Wildman–Crippen MR) is 221 cm³/mol. The van der Waals surface area contributed by atoms with Crippen molar-refractivity contribution < 1.29 is 9.53 Å². The van der Waals surface area contributed by atoms with Crippen LogP contribution in [-0.4, -0.2) is 12.1 Å². The van der Waals surface area contributed by atoms with Gasteiger partial charge in [-0.25, -0.2) is 0 Å². The van der Waals surface area contributed by atoms with Crippen LogP contribution in [0.2, 0.25) is 0 Å². The summed E-state index contributed by atoms with van der Waals surface area (Å²) in [5.41, 5.74) is 2.51. The van der Waals surface area contributed by atoms with Crippen LogP contribution in [0.4, 0.5) is 0 Å². The van der Waals surface area contributed by atoms with Gasteiger partial charge in [-0.2, -0.15) is 0 Å². The van der Waals surface area contributed by atoms with Crippen LogP contribution in [0, 0.1) is 52.3 Å². The highest BCUT2D eigenvalue weighted by atomic mass is 16.5. The molecule has 0 saturated heterocycles. The van der Waals surface area contributed by atoms with Crippen LogP contribution in [0.5, 0.6) is 0 Å². The number of hydrogen-bond acceptors (Lipinski definition) is 2. The van der Waals surface area contributed by atoms with Gasteiger partial charge in [0.1, 0.15) is 6.10 Å². The average molecular weight is 707 g/mol. The number of ether oxygens (including phenoxy) is 1. The van der Waals surface area contributed by atoms with Crippen LogP contribution in [0.15, 0.2) is 23.8 Å². The number of fused-ring (bicyclic) bond motifs is 5. The van der Waals surface area contributed by atoms with Gasteiger partial charge in [-0.05, 0) is 136 Å². The van der Waals surface area contributed by atoms with Crippen molar-refractivity contribution in [2.75, 3.05) is 0 Å². The molecule has 4 aliphatic rings. The minimum atomic E-state index is 0.0591. The third kappa shape index (κ3) is 12.0. The van der Waals surface area contributed by atoms with Crippen LogP contribution >= 0.6 is 0 Å². The molecule has 0 aliphatic heterocycles. The van der Waals surface area contributed by atoms with Gasteiger partial charge in [0.25, 0.3) is 0 Å². The van der Waals surface area contributed by atoms with E-state index >= 15 is 0 Å². The summed E-state index contributed by atoms with van der Waals surface area (Å²) in [6.07, 6.45) is 42.3. The van der Waals surface area contributed by atoms with Crippen molar-refractivity contribution in [3.63, 3.8) is 0 Å². The zero-order valence-electron chi connectivity index (χ0n) is 35.3. The lowest BCUT2D eigenvalue weighted by Crippen LogP contribution is -2.51. The fourth-order valence-corrected chi connectivity index (χ4v) is 12.3. The van der Waals surface area contributed by atoms with Gasteiger partial charge in [0.2, 0.25) is 0 Å². The van der Waals surface area contributed by atoms with Gasteiger partial charge in [0, 0.05) is 12.8 Å². The third-order valence-electron chi connectivity index (χ3n) is 15.7. The lowest BCUT2D eigenvalue weighted by molar-refractivity contribution is -0.151. The number of unbranched alkanes of at least 4 members (excludes halogenated alkanes) is 13. The van der Waals surface area contributed by atoms with E-state index in [1.54, 1.807) is 5.57 Å². The second-order valence-electron chi connectivity index (χ2n) is 19.4. The van der Waals surface area contributed by atoms with Gasteiger partial charge in [-0.3, -0.25) is 4.79 Å². The topological polar surface area (TPSA) is 26.3 Å². The molecule has 0 N–H and O–H groups in total. The summed E-state index contributed by atoms with van der Waals surface area (Å²) in [7, 11) is 0. The lowest BCUT2D eigenvalue weighted by atomic mass is 9.47.